The molecule has 0 aliphatic heterocycles. The van der Waals surface area contributed by atoms with E-state index < -0.39 is 0 Å². The molecule has 6 nitrogen and oxygen atoms in total. The maximum absolute atomic E-state index is 6.02. The minimum atomic E-state index is -0.172. The van der Waals surface area contributed by atoms with Gasteiger partial charge in [-0.1, -0.05) is 6.92 Å². The summed E-state index contributed by atoms with van der Waals surface area (Å²) >= 11 is 0. The number of nitrogens with two attached hydrogens (primary N) is 1. The van der Waals surface area contributed by atoms with Gasteiger partial charge in [0.2, 0.25) is 0 Å². The SMILES string of the molecule is CCC(C)(C)n1nnnc1-c1cc(OC)ccc1N. The third-order valence-electron chi connectivity index (χ3n) is 3.41. The molecule has 102 valence electrons. The number of ether oxygens (including phenoxy) is 1. The van der Waals surface area contributed by atoms with Crippen molar-refractivity contribution in [2.45, 2.75) is 32.7 Å². The standard InChI is InChI=1S/C13H19N5O/c1-5-13(2,3)18-12(15-16-17-18)10-8-9(19-4)6-7-11(10)14/h6-8H,5,14H2,1-4H3. The van der Waals surface area contributed by atoms with Crippen molar-refractivity contribution in [2.24, 2.45) is 0 Å². The molecule has 0 aliphatic rings. The molecule has 6 heteroatoms. The Morgan fingerprint density at radius 1 is 1.37 bits per heavy atom. The molecule has 0 aliphatic carbocycles. The lowest BCUT2D eigenvalue weighted by Crippen LogP contribution is -2.27. The van der Waals surface area contributed by atoms with Gasteiger partial charge in [0.1, 0.15) is 5.75 Å². The topological polar surface area (TPSA) is 78.8 Å². The number of benzene rings is 1. The van der Waals surface area contributed by atoms with E-state index in [-0.39, 0.29) is 5.54 Å². The second-order valence-corrected chi connectivity index (χ2v) is 5.03. The molecule has 0 spiro atoms. The second-order valence-electron chi connectivity index (χ2n) is 5.03. The summed E-state index contributed by atoms with van der Waals surface area (Å²) in [6.07, 6.45) is 0.912. The summed E-state index contributed by atoms with van der Waals surface area (Å²) in [6.45, 7) is 6.27. The van der Waals surface area contributed by atoms with Crippen LogP contribution in [-0.2, 0) is 5.54 Å². The van der Waals surface area contributed by atoms with Crippen LogP contribution < -0.4 is 10.5 Å². The Morgan fingerprint density at radius 2 is 2.11 bits per heavy atom. The number of nitrogens with zero attached hydrogens (tertiary/aromatic N) is 4. The fourth-order valence-electron chi connectivity index (χ4n) is 1.77. The van der Waals surface area contributed by atoms with E-state index in [1.54, 1.807) is 17.9 Å². The average molecular weight is 261 g/mol. The van der Waals surface area contributed by atoms with E-state index in [2.05, 4.69) is 36.3 Å². The fraction of sp³-hybridized carbons (Fsp3) is 0.462. The first-order chi connectivity index (χ1) is 8.99. The predicted octanol–water partition coefficient (Wildman–Crippen LogP) is 2.08. The van der Waals surface area contributed by atoms with Crippen molar-refractivity contribution in [3.05, 3.63) is 18.2 Å². The van der Waals surface area contributed by atoms with Gasteiger partial charge in [-0.05, 0) is 48.9 Å². The van der Waals surface area contributed by atoms with E-state index in [9.17, 15) is 0 Å². The number of rotatable bonds is 4. The van der Waals surface area contributed by atoms with Crippen LogP contribution in [0.2, 0.25) is 0 Å². The van der Waals surface area contributed by atoms with Crippen LogP contribution >= 0.6 is 0 Å². The third-order valence-corrected chi connectivity index (χ3v) is 3.41. The minimum Gasteiger partial charge on any atom is -0.497 e. The quantitative estimate of drug-likeness (QED) is 0.852. The number of anilines is 1. The summed E-state index contributed by atoms with van der Waals surface area (Å²) in [5.41, 5.74) is 7.26. The number of hydrogen-bond acceptors (Lipinski definition) is 5. The highest BCUT2D eigenvalue weighted by atomic mass is 16.5. The van der Waals surface area contributed by atoms with Crippen LogP contribution in [0.4, 0.5) is 5.69 Å². The summed E-state index contributed by atoms with van der Waals surface area (Å²) in [5.74, 6) is 1.39. The summed E-state index contributed by atoms with van der Waals surface area (Å²) in [7, 11) is 1.62. The largest absolute Gasteiger partial charge is 0.497 e. The van der Waals surface area contributed by atoms with Crippen LogP contribution in [-0.4, -0.2) is 27.3 Å². The molecule has 19 heavy (non-hydrogen) atoms. The molecule has 2 rings (SSSR count). The molecule has 2 aromatic rings. The van der Waals surface area contributed by atoms with Gasteiger partial charge in [0.05, 0.1) is 12.6 Å². The van der Waals surface area contributed by atoms with Gasteiger partial charge in [-0.25, -0.2) is 4.68 Å². The molecular formula is C13H19N5O. The Hall–Kier alpha value is -2.11. The van der Waals surface area contributed by atoms with Gasteiger partial charge in [0.15, 0.2) is 5.82 Å². The van der Waals surface area contributed by atoms with Crippen molar-refractivity contribution in [1.82, 2.24) is 20.2 Å². The molecule has 0 atom stereocenters. The summed E-state index contributed by atoms with van der Waals surface area (Å²) in [6, 6.07) is 5.47. The van der Waals surface area contributed by atoms with E-state index in [1.807, 2.05) is 12.1 Å². The zero-order valence-electron chi connectivity index (χ0n) is 11.7. The highest BCUT2D eigenvalue weighted by Gasteiger charge is 2.25. The Kier molecular flexibility index (Phi) is 3.42. The van der Waals surface area contributed by atoms with Crippen molar-refractivity contribution in [3.8, 4) is 17.1 Å². The summed E-state index contributed by atoms with van der Waals surface area (Å²) in [4.78, 5) is 0. The molecule has 0 bridgehead atoms. The number of tetrazole rings is 1. The molecule has 1 heterocycles. The van der Waals surface area contributed by atoms with Crippen LogP contribution in [0.3, 0.4) is 0 Å². The van der Waals surface area contributed by atoms with Crippen LogP contribution in [0, 0.1) is 0 Å². The van der Waals surface area contributed by atoms with Gasteiger partial charge in [0, 0.05) is 11.3 Å². The monoisotopic (exact) mass is 261 g/mol. The molecule has 0 unspecified atom stereocenters. The Balaban J connectivity index is 2.57. The number of hydrogen-bond donors (Lipinski definition) is 1. The highest BCUT2D eigenvalue weighted by Crippen LogP contribution is 2.31. The van der Waals surface area contributed by atoms with Gasteiger partial charge in [0.25, 0.3) is 0 Å². The van der Waals surface area contributed by atoms with Gasteiger partial charge >= 0.3 is 0 Å². The molecule has 0 fully saturated rings. The molecule has 0 saturated carbocycles. The molecular weight excluding hydrogens is 242 g/mol. The van der Waals surface area contributed by atoms with Crippen LogP contribution in [0.5, 0.6) is 5.75 Å². The van der Waals surface area contributed by atoms with Gasteiger partial charge in [-0.15, -0.1) is 5.10 Å². The van der Waals surface area contributed by atoms with Gasteiger partial charge in [-0.3, -0.25) is 0 Å². The molecule has 0 radical (unpaired) electrons. The van der Waals surface area contributed by atoms with E-state index >= 15 is 0 Å². The summed E-state index contributed by atoms with van der Waals surface area (Å²) < 4.78 is 7.03. The van der Waals surface area contributed by atoms with Gasteiger partial charge in [-0.2, -0.15) is 0 Å². The molecule has 0 amide bonds. The van der Waals surface area contributed by atoms with Crippen LogP contribution in [0.1, 0.15) is 27.2 Å². The summed E-state index contributed by atoms with van der Waals surface area (Å²) in [5, 5.41) is 12.0. The maximum Gasteiger partial charge on any atom is 0.184 e. The van der Waals surface area contributed by atoms with Crippen molar-refractivity contribution < 1.29 is 4.74 Å². The number of nitrogen functional groups attached to an aromatic ring is 1. The lowest BCUT2D eigenvalue weighted by atomic mass is 10.0. The van der Waals surface area contributed by atoms with Gasteiger partial charge < -0.3 is 10.5 Å². The van der Waals surface area contributed by atoms with E-state index in [0.29, 0.717) is 11.5 Å². The Labute approximate surface area is 112 Å². The number of aromatic nitrogens is 4. The Bertz CT molecular complexity index is 576. The number of methoxy groups -OCH3 is 1. The van der Waals surface area contributed by atoms with Crippen LogP contribution in [0.15, 0.2) is 18.2 Å². The maximum atomic E-state index is 6.02. The fourth-order valence-corrected chi connectivity index (χ4v) is 1.77. The first kappa shape index (κ1) is 13.3. The average Bonchev–Trinajstić information content (AvgIpc) is 2.89. The zero-order chi connectivity index (χ0) is 14.0. The lowest BCUT2D eigenvalue weighted by Gasteiger charge is -2.24. The van der Waals surface area contributed by atoms with E-state index in [0.717, 1.165) is 17.7 Å². The van der Waals surface area contributed by atoms with Crippen molar-refractivity contribution in [2.75, 3.05) is 12.8 Å². The van der Waals surface area contributed by atoms with E-state index in [1.165, 1.54) is 0 Å². The first-order valence-corrected chi connectivity index (χ1v) is 6.22. The minimum absolute atomic E-state index is 0.172. The molecule has 1 aromatic heterocycles. The van der Waals surface area contributed by atoms with Crippen LogP contribution in [0.25, 0.3) is 11.4 Å². The predicted molar refractivity (Wildman–Crippen MR) is 73.8 cm³/mol. The molecule has 2 N–H and O–H groups in total. The zero-order valence-corrected chi connectivity index (χ0v) is 11.7. The van der Waals surface area contributed by atoms with E-state index in [4.69, 9.17) is 10.5 Å². The van der Waals surface area contributed by atoms with Crippen molar-refractivity contribution >= 4 is 5.69 Å². The first-order valence-electron chi connectivity index (χ1n) is 6.22. The Morgan fingerprint density at radius 3 is 2.74 bits per heavy atom. The third kappa shape index (κ3) is 2.38. The smallest absolute Gasteiger partial charge is 0.184 e. The normalized spacial score (nSPS) is 11.6. The molecule has 1 aromatic carbocycles. The van der Waals surface area contributed by atoms with Crippen molar-refractivity contribution in [1.29, 1.82) is 0 Å². The molecule has 0 saturated heterocycles. The highest BCUT2D eigenvalue weighted by molar-refractivity contribution is 5.73. The lowest BCUT2D eigenvalue weighted by molar-refractivity contribution is 0.305. The second kappa shape index (κ2) is 4.87. The van der Waals surface area contributed by atoms with Crippen molar-refractivity contribution in [3.63, 3.8) is 0 Å².